The third-order valence-corrected chi connectivity index (χ3v) is 6.00. The standard InChI is InChI=1S/C17H17NO3/c1-18-7-6-17-10-3-5-13(20)16(17)21-15-12(19)4-2-9(14(15)17)8-11(10)18/h2-5,10-11,16,19H,6-8H2,1H3/t10-,11?,16-,17?/m0/s1. The first-order valence-corrected chi connectivity index (χ1v) is 7.57. The largest absolute Gasteiger partial charge is 0.504 e. The van der Waals surface area contributed by atoms with Gasteiger partial charge in [0.2, 0.25) is 0 Å². The van der Waals surface area contributed by atoms with Gasteiger partial charge in [-0.2, -0.15) is 0 Å². The molecule has 2 aliphatic heterocycles. The van der Waals surface area contributed by atoms with Gasteiger partial charge < -0.3 is 14.7 Å². The van der Waals surface area contributed by atoms with Crippen molar-refractivity contribution in [1.29, 1.82) is 0 Å². The summed E-state index contributed by atoms with van der Waals surface area (Å²) in [5.74, 6) is 1.07. The SMILES string of the molecule is CN1CCC23c4c5ccc(O)c4O[C@H]2C(=O)C=C[C@H]3C1C5. The highest BCUT2D eigenvalue weighted by atomic mass is 16.5. The summed E-state index contributed by atoms with van der Waals surface area (Å²) < 4.78 is 5.99. The molecular weight excluding hydrogens is 266 g/mol. The minimum Gasteiger partial charge on any atom is -0.504 e. The minimum absolute atomic E-state index is 0.0398. The van der Waals surface area contributed by atoms with Gasteiger partial charge in [0.25, 0.3) is 0 Å². The minimum atomic E-state index is -0.453. The number of phenolic OH excluding ortho intramolecular Hbond substituents is 1. The Labute approximate surface area is 123 Å². The Morgan fingerprint density at radius 2 is 2.29 bits per heavy atom. The topological polar surface area (TPSA) is 49.8 Å². The molecule has 1 N–H and O–H groups in total. The Bertz CT molecular complexity index is 710. The van der Waals surface area contributed by atoms with Gasteiger partial charge in [-0.25, -0.2) is 0 Å². The Morgan fingerprint density at radius 3 is 3.14 bits per heavy atom. The fourth-order valence-corrected chi connectivity index (χ4v) is 5.08. The zero-order valence-corrected chi connectivity index (χ0v) is 11.9. The molecule has 1 spiro atoms. The molecule has 0 aromatic heterocycles. The van der Waals surface area contributed by atoms with Crippen LogP contribution in [-0.4, -0.2) is 41.5 Å². The van der Waals surface area contributed by atoms with E-state index in [1.54, 1.807) is 12.1 Å². The van der Waals surface area contributed by atoms with Gasteiger partial charge in [0, 0.05) is 17.5 Å². The maximum absolute atomic E-state index is 12.4. The zero-order chi connectivity index (χ0) is 14.4. The van der Waals surface area contributed by atoms with Crippen molar-refractivity contribution < 1.29 is 14.6 Å². The maximum atomic E-state index is 12.4. The van der Waals surface area contributed by atoms with E-state index in [0.29, 0.717) is 17.7 Å². The maximum Gasteiger partial charge on any atom is 0.196 e. The summed E-state index contributed by atoms with van der Waals surface area (Å²) in [6, 6.07) is 4.13. The van der Waals surface area contributed by atoms with Crippen LogP contribution in [0.25, 0.3) is 0 Å². The summed E-state index contributed by atoms with van der Waals surface area (Å²) >= 11 is 0. The van der Waals surface area contributed by atoms with Crippen LogP contribution < -0.4 is 4.74 Å². The molecule has 21 heavy (non-hydrogen) atoms. The van der Waals surface area contributed by atoms with E-state index in [0.717, 1.165) is 24.9 Å². The second-order valence-electron chi connectivity index (χ2n) is 6.78. The number of nitrogens with zero attached hydrogens (tertiary/aromatic N) is 1. The Hall–Kier alpha value is -1.81. The van der Waals surface area contributed by atoms with Crippen LogP contribution in [0, 0.1) is 5.92 Å². The van der Waals surface area contributed by atoms with E-state index in [9.17, 15) is 9.90 Å². The summed E-state index contributed by atoms with van der Waals surface area (Å²) in [4.78, 5) is 14.8. The van der Waals surface area contributed by atoms with Gasteiger partial charge in [-0.3, -0.25) is 4.79 Å². The second-order valence-corrected chi connectivity index (χ2v) is 6.78. The van der Waals surface area contributed by atoms with Crippen molar-refractivity contribution >= 4 is 5.78 Å². The van der Waals surface area contributed by atoms with Crippen LogP contribution in [0.1, 0.15) is 17.5 Å². The molecule has 0 saturated carbocycles. The molecule has 1 aromatic carbocycles. The van der Waals surface area contributed by atoms with E-state index in [2.05, 4.69) is 18.0 Å². The number of ether oxygens (including phenoxy) is 1. The number of carbonyl (C=O) groups is 1. The van der Waals surface area contributed by atoms with Crippen LogP contribution in [0.15, 0.2) is 24.3 Å². The summed E-state index contributed by atoms with van der Waals surface area (Å²) in [7, 11) is 2.17. The van der Waals surface area contributed by atoms with E-state index in [1.165, 1.54) is 5.56 Å². The molecule has 108 valence electrons. The molecule has 0 amide bonds. The molecule has 1 fully saturated rings. The lowest BCUT2D eigenvalue weighted by molar-refractivity contribution is -0.127. The molecule has 1 saturated heterocycles. The molecule has 2 unspecified atom stereocenters. The highest BCUT2D eigenvalue weighted by Gasteiger charge is 2.64. The number of phenols is 1. The Kier molecular flexibility index (Phi) is 1.97. The van der Waals surface area contributed by atoms with E-state index in [1.807, 2.05) is 6.07 Å². The van der Waals surface area contributed by atoms with Crippen molar-refractivity contribution in [3.05, 3.63) is 35.4 Å². The summed E-state index contributed by atoms with van der Waals surface area (Å²) in [5, 5.41) is 10.2. The number of hydrogen-bond donors (Lipinski definition) is 1. The van der Waals surface area contributed by atoms with E-state index >= 15 is 0 Å². The molecule has 0 radical (unpaired) electrons. The first-order valence-electron chi connectivity index (χ1n) is 7.57. The lowest BCUT2D eigenvalue weighted by Crippen LogP contribution is -2.64. The average Bonchev–Trinajstić information content (AvgIpc) is 2.83. The Morgan fingerprint density at radius 1 is 1.43 bits per heavy atom. The van der Waals surface area contributed by atoms with Gasteiger partial charge in [0.05, 0.1) is 5.41 Å². The monoisotopic (exact) mass is 283 g/mol. The van der Waals surface area contributed by atoms with Gasteiger partial charge in [0.1, 0.15) is 0 Å². The van der Waals surface area contributed by atoms with Crippen LogP contribution in [-0.2, 0) is 16.6 Å². The number of benzene rings is 1. The number of ketones is 1. The number of hydrogen-bond acceptors (Lipinski definition) is 4. The molecule has 2 heterocycles. The quantitative estimate of drug-likeness (QED) is 0.782. The number of piperidine rings is 1. The molecule has 4 heteroatoms. The van der Waals surface area contributed by atoms with Gasteiger partial charge in [-0.15, -0.1) is 0 Å². The molecule has 4 nitrogen and oxygen atoms in total. The predicted molar refractivity (Wildman–Crippen MR) is 76.6 cm³/mol. The molecule has 2 bridgehead atoms. The number of rotatable bonds is 0. The zero-order valence-electron chi connectivity index (χ0n) is 11.9. The molecular formula is C17H17NO3. The van der Waals surface area contributed by atoms with Crippen LogP contribution in [0.3, 0.4) is 0 Å². The fourth-order valence-electron chi connectivity index (χ4n) is 5.08. The van der Waals surface area contributed by atoms with Gasteiger partial charge in [-0.05, 0) is 44.1 Å². The number of likely N-dealkylation sites (N-methyl/N-ethyl adjacent to an activating group) is 1. The second kappa shape index (κ2) is 3.50. The van der Waals surface area contributed by atoms with E-state index in [4.69, 9.17) is 4.74 Å². The number of carbonyl (C=O) groups excluding carboxylic acids is 1. The highest BCUT2D eigenvalue weighted by Crippen LogP contribution is 2.61. The normalized spacial score (nSPS) is 39.1. The van der Waals surface area contributed by atoms with Crippen molar-refractivity contribution in [3.8, 4) is 11.5 Å². The summed E-state index contributed by atoms with van der Waals surface area (Å²) in [6.45, 7) is 0.969. The van der Waals surface area contributed by atoms with Crippen LogP contribution in [0.4, 0.5) is 0 Å². The number of likely N-dealkylation sites (tertiary alicyclic amines) is 1. The first-order chi connectivity index (χ1) is 10.1. The molecule has 1 aromatic rings. The molecule has 5 rings (SSSR count). The predicted octanol–water partition coefficient (Wildman–Crippen LogP) is 1.41. The van der Waals surface area contributed by atoms with Crippen LogP contribution >= 0.6 is 0 Å². The Balaban J connectivity index is 1.87. The third kappa shape index (κ3) is 1.16. The first kappa shape index (κ1) is 11.8. The number of aromatic hydroxyl groups is 1. The van der Waals surface area contributed by atoms with Crippen molar-refractivity contribution in [2.75, 3.05) is 13.6 Å². The van der Waals surface area contributed by atoms with Crippen LogP contribution in [0.2, 0.25) is 0 Å². The van der Waals surface area contributed by atoms with Crippen molar-refractivity contribution in [2.24, 2.45) is 5.92 Å². The van der Waals surface area contributed by atoms with E-state index < -0.39 is 6.10 Å². The van der Waals surface area contributed by atoms with Crippen LogP contribution in [0.5, 0.6) is 11.5 Å². The summed E-state index contributed by atoms with van der Waals surface area (Å²) in [5.41, 5.74) is 2.09. The van der Waals surface area contributed by atoms with Gasteiger partial charge in [-0.1, -0.05) is 12.1 Å². The highest BCUT2D eigenvalue weighted by molar-refractivity contribution is 5.98. The van der Waals surface area contributed by atoms with Gasteiger partial charge >= 0.3 is 0 Å². The third-order valence-electron chi connectivity index (χ3n) is 6.00. The average molecular weight is 283 g/mol. The fraction of sp³-hybridized carbons (Fsp3) is 0.471. The molecule has 4 atom stereocenters. The lowest BCUT2D eigenvalue weighted by Gasteiger charge is -2.55. The van der Waals surface area contributed by atoms with E-state index in [-0.39, 0.29) is 16.9 Å². The van der Waals surface area contributed by atoms with Crippen molar-refractivity contribution in [2.45, 2.75) is 30.4 Å². The van der Waals surface area contributed by atoms with Crippen molar-refractivity contribution in [3.63, 3.8) is 0 Å². The van der Waals surface area contributed by atoms with Gasteiger partial charge in [0.15, 0.2) is 23.4 Å². The smallest absolute Gasteiger partial charge is 0.196 e. The molecule has 4 aliphatic rings. The van der Waals surface area contributed by atoms with Crippen molar-refractivity contribution in [1.82, 2.24) is 4.90 Å². The summed E-state index contributed by atoms with van der Waals surface area (Å²) in [6.07, 6.45) is 5.19. The molecule has 2 aliphatic carbocycles. The lowest BCUT2D eigenvalue weighted by atomic mass is 9.53.